The van der Waals surface area contributed by atoms with Crippen LogP contribution >= 0.6 is 11.6 Å². The molecule has 1 aliphatic heterocycles. The minimum absolute atomic E-state index is 0.456. The Morgan fingerprint density at radius 3 is 2.46 bits per heavy atom. The highest BCUT2D eigenvalue weighted by atomic mass is 35.5. The predicted octanol–water partition coefficient (Wildman–Crippen LogP) is 4.90. The molecule has 0 spiro atoms. The van der Waals surface area contributed by atoms with Gasteiger partial charge in [0, 0.05) is 66.3 Å². The van der Waals surface area contributed by atoms with Crippen molar-refractivity contribution >= 4 is 45.6 Å². The second-order valence-electron chi connectivity index (χ2n) is 9.34. The van der Waals surface area contributed by atoms with Gasteiger partial charge in [0.25, 0.3) is 0 Å². The summed E-state index contributed by atoms with van der Waals surface area (Å²) in [5.41, 5.74) is 4.90. The fourth-order valence-corrected chi connectivity index (χ4v) is 5.26. The Morgan fingerprint density at radius 2 is 1.74 bits per heavy atom. The molecule has 0 atom stereocenters. The van der Waals surface area contributed by atoms with Crippen LogP contribution in [-0.2, 0) is 0 Å². The zero-order chi connectivity index (χ0) is 26.9. The number of hydrogen-bond acceptors (Lipinski definition) is 9. The van der Waals surface area contributed by atoms with E-state index in [0.717, 1.165) is 49.4 Å². The van der Waals surface area contributed by atoms with Gasteiger partial charge in [-0.15, -0.1) is 10.2 Å². The highest BCUT2D eigenvalue weighted by molar-refractivity contribution is 6.35. The van der Waals surface area contributed by atoms with Crippen LogP contribution < -0.4 is 19.7 Å². The highest BCUT2D eigenvalue weighted by Crippen LogP contribution is 2.41. The molecule has 0 aliphatic carbocycles. The van der Waals surface area contributed by atoms with E-state index in [0.29, 0.717) is 39.3 Å². The fraction of sp³-hybridized carbons (Fsp3) is 0.286. The van der Waals surface area contributed by atoms with Crippen LogP contribution in [0.1, 0.15) is 6.92 Å². The van der Waals surface area contributed by atoms with Gasteiger partial charge >= 0.3 is 0 Å². The summed E-state index contributed by atoms with van der Waals surface area (Å²) in [6.07, 6.45) is 3.41. The molecule has 3 aromatic heterocycles. The lowest BCUT2D eigenvalue weighted by Gasteiger charge is -2.35. The third kappa shape index (κ3) is 4.77. The summed E-state index contributed by atoms with van der Waals surface area (Å²) in [4.78, 5) is 14.3. The number of rotatable bonds is 7. The maximum Gasteiger partial charge on any atom is 0.229 e. The van der Waals surface area contributed by atoms with Gasteiger partial charge in [0.05, 0.1) is 19.2 Å². The number of hydrogen-bond donors (Lipinski definition) is 1. The van der Waals surface area contributed by atoms with E-state index in [1.807, 2.05) is 16.5 Å². The first-order chi connectivity index (χ1) is 19.1. The number of methoxy groups -OCH3 is 2. The number of ether oxygens (including phenoxy) is 2. The SMILES string of the molecule is CCN1CCN(c2ccc(Nc3ncc4cc(-c5cc(OC)cc(OC)c5Cl)c5nncn5c4n3)cc2)CC1. The van der Waals surface area contributed by atoms with Crippen LogP contribution in [0.15, 0.2) is 55.0 Å². The molecule has 4 heterocycles. The second-order valence-corrected chi connectivity index (χ2v) is 9.72. The van der Waals surface area contributed by atoms with Crippen LogP contribution in [0.3, 0.4) is 0 Å². The molecule has 1 aliphatic rings. The van der Waals surface area contributed by atoms with E-state index in [-0.39, 0.29) is 0 Å². The molecule has 1 fully saturated rings. The Balaban J connectivity index is 1.31. The minimum Gasteiger partial charge on any atom is -0.497 e. The lowest BCUT2D eigenvalue weighted by atomic mass is 10.0. The van der Waals surface area contributed by atoms with Crippen LogP contribution in [0.5, 0.6) is 11.5 Å². The third-order valence-electron chi connectivity index (χ3n) is 7.18. The van der Waals surface area contributed by atoms with Gasteiger partial charge in [0.1, 0.15) is 17.8 Å². The number of nitrogens with zero attached hydrogens (tertiary/aromatic N) is 7. The zero-order valence-corrected chi connectivity index (χ0v) is 22.8. The molecular weight excluding hydrogens is 516 g/mol. The molecule has 0 bridgehead atoms. The molecule has 1 N–H and O–H groups in total. The first kappa shape index (κ1) is 25.1. The van der Waals surface area contributed by atoms with Crippen molar-refractivity contribution in [2.45, 2.75) is 6.92 Å². The Bertz CT molecular complexity index is 1630. The molecule has 0 unspecified atom stereocenters. The monoisotopic (exact) mass is 544 g/mol. The Morgan fingerprint density at radius 1 is 0.949 bits per heavy atom. The Labute approximate surface area is 231 Å². The van der Waals surface area contributed by atoms with E-state index in [1.54, 1.807) is 32.8 Å². The van der Waals surface area contributed by atoms with Gasteiger partial charge in [-0.3, -0.25) is 4.40 Å². The maximum atomic E-state index is 6.70. The molecule has 1 saturated heterocycles. The van der Waals surface area contributed by atoms with Crippen molar-refractivity contribution < 1.29 is 9.47 Å². The Hall–Kier alpha value is -4.15. The summed E-state index contributed by atoms with van der Waals surface area (Å²) in [5, 5.41) is 13.1. The van der Waals surface area contributed by atoms with Gasteiger partial charge in [-0.2, -0.15) is 4.98 Å². The summed E-state index contributed by atoms with van der Waals surface area (Å²) in [7, 11) is 3.17. The summed E-state index contributed by atoms with van der Waals surface area (Å²) >= 11 is 6.70. The van der Waals surface area contributed by atoms with Crippen molar-refractivity contribution in [2.75, 3.05) is 57.2 Å². The van der Waals surface area contributed by atoms with Crippen molar-refractivity contribution in [3.8, 4) is 22.6 Å². The van der Waals surface area contributed by atoms with Gasteiger partial charge in [-0.1, -0.05) is 18.5 Å². The molecule has 2 aromatic carbocycles. The molecule has 39 heavy (non-hydrogen) atoms. The quantitative estimate of drug-likeness (QED) is 0.307. The number of piperazine rings is 1. The van der Waals surface area contributed by atoms with E-state index in [4.69, 9.17) is 26.1 Å². The second kappa shape index (κ2) is 10.5. The third-order valence-corrected chi connectivity index (χ3v) is 7.57. The van der Waals surface area contributed by atoms with Gasteiger partial charge < -0.3 is 24.6 Å². The molecule has 5 aromatic rings. The number of fused-ring (bicyclic) bond motifs is 3. The molecule has 200 valence electrons. The maximum absolute atomic E-state index is 6.70. The van der Waals surface area contributed by atoms with Crippen molar-refractivity contribution in [1.82, 2.24) is 29.5 Å². The summed E-state index contributed by atoms with van der Waals surface area (Å²) in [6.45, 7) is 7.59. The van der Waals surface area contributed by atoms with E-state index >= 15 is 0 Å². The van der Waals surface area contributed by atoms with Crippen molar-refractivity contribution in [3.05, 3.63) is 60.0 Å². The summed E-state index contributed by atoms with van der Waals surface area (Å²) in [6, 6.07) is 14.0. The molecule has 11 heteroatoms. The number of anilines is 3. The number of likely N-dealkylation sites (N-methyl/N-ethyl adjacent to an activating group) is 1. The van der Waals surface area contributed by atoms with Gasteiger partial charge in [-0.25, -0.2) is 4.98 Å². The number of benzene rings is 2. The standard InChI is InChI=1S/C28H29ClN8O2/c1-4-35-9-11-36(12-10-35)20-7-5-19(6-8-20)32-28-30-16-18-13-23(27-34-31-17-37(27)26(18)33-28)22-14-21(38-2)15-24(39-3)25(22)29/h5-8,13-17H,4,9-12H2,1-3H3,(H,30,32,33). The normalized spacial score (nSPS) is 14.2. The molecular formula is C28H29ClN8O2. The largest absolute Gasteiger partial charge is 0.497 e. The number of aromatic nitrogens is 5. The molecule has 0 amide bonds. The van der Waals surface area contributed by atoms with E-state index in [1.165, 1.54) is 5.69 Å². The summed E-state index contributed by atoms with van der Waals surface area (Å²) < 4.78 is 12.8. The van der Waals surface area contributed by atoms with E-state index in [9.17, 15) is 0 Å². The van der Waals surface area contributed by atoms with Crippen molar-refractivity contribution in [3.63, 3.8) is 0 Å². The van der Waals surface area contributed by atoms with Crippen LogP contribution in [0.2, 0.25) is 5.02 Å². The predicted molar refractivity (Wildman–Crippen MR) is 154 cm³/mol. The van der Waals surface area contributed by atoms with Crippen molar-refractivity contribution in [1.29, 1.82) is 0 Å². The van der Waals surface area contributed by atoms with Crippen LogP contribution in [0.4, 0.5) is 17.3 Å². The van der Waals surface area contributed by atoms with Crippen LogP contribution in [-0.4, -0.2) is 76.4 Å². The number of nitrogens with one attached hydrogen (secondary N) is 1. The average molecular weight is 545 g/mol. The highest BCUT2D eigenvalue weighted by Gasteiger charge is 2.19. The topological polar surface area (TPSA) is 92.9 Å². The van der Waals surface area contributed by atoms with Crippen molar-refractivity contribution in [2.24, 2.45) is 0 Å². The molecule has 10 nitrogen and oxygen atoms in total. The van der Waals surface area contributed by atoms with Crippen LogP contribution in [0.25, 0.3) is 27.8 Å². The lowest BCUT2D eigenvalue weighted by molar-refractivity contribution is 0.271. The first-order valence-corrected chi connectivity index (χ1v) is 13.2. The van der Waals surface area contributed by atoms with Gasteiger partial charge in [0.15, 0.2) is 11.3 Å². The lowest BCUT2D eigenvalue weighted by Crippen LogP contribution is -2.46. The molecule has 6 rings (SSSR count). The fourth-order valence-electron chi connectivity index (χ4n) is 4.97. The first-order valence-electron chi connectivity index (χ1n) is 12.8. The number of halogens is 1. The number of pyridine rings is 1. The summed E-state index contributed by atoms with van der Waals surface area (Å²) in [5.74, 6) is 1.61. The smallest absolute Gasteiger partial charge is 0.229 e. The molecule has 0 saturated carbocycles. The van der Waals surface area contributed by atoms with Gasteiger partial charge in [-0.05, 0) is 42.9 Å². The van der Waals surface area contributed by atoms with Gasteiger partial charge in [0.2, 0.25) is 5.95 Å². The minimum atomic E-state index is 0.456. The average Bonchev–Trinajstić information content (AvgIpc) is 3.48. The molecule has 0 radical (unpaired) electrons. The van der Waals surface area contributed by atoms with E-state index in [2.05, 4.69) is 61.5 Å². The Kier molecular flexibility index (Phi) is 6.80. The van der Waals surface area contributed by atoms with Crippen LogP contribution in [0, 0.1) is 0 Å². The van der Waals surface area contributed by atoms with E-state index < -0.39 is 0 Å². The zero-order valence-electron chi connectivity index (χ0n) is 22.1.